The molecule has 0 aromatic heterocycles. The molecule has 156 valence electrons. The number of amides is 2. The topological polar surface area (TPSA) is 93.9 Å². The number of hydrogen-bond donors (Lipinski definition) is 2. The minimum absolute atomic E-state index is 0. The molecule has 0 aliphatic carbocycles. The van der Waals surface area contributed by atoms with Gasteiger partial charge in [-0.3, -0.25) is 9.59 Å². The van der Waals surface area contributed by atoms with Crippen molar-refractivity contribution in [1.29, 1.82) is 0 Å². The maximum atomic E-state index is 12.8. The highest BCUT2D eigenvalue weighted by Crippen LogP contribution is 2.21. The molecule has 7 nitrogen and oxygen atoms in total. The normalized spacial score (nSPS) is 21.7. The molecule has 0 bridgehead atoms. The van der Waals surface area contributed by atoms with Gasteiger partial charge in [-0.2, -0.15) is 0 Å². The van der Waals surface area contributed by atoms with Crippen LogP contribution in [0, 0.1) is 5.92 Å². The summed E-state index contributed by atoms with van der Waals surface area (Å²) in [5.41, 5.74) is 6.04. The highest BCUT2D eigenvalue weighted by Gasteiger charge is 2.28. The number of hydrogen-bond acceptors (Lipinski definition) is 5. The summed E-state index contributed by atoms with van der Waals surface area (Å²) >= 11 is 0. The number of ether oxygens (including phenoxy) is 2. The van der Waals surface area contributed by atoms with Gasteiger partial charge < -0.3 is 25.4 Å². The van der Waals surface area contributed by atoms with Crippen molar-refractivity contribution in [3.05, 3.63) is 29.8 Å². The van der Waals surface area contributed by atoms with Crippen LogP contribution in [0.2, 0.25) is 0 Å². The quantitative estimate of drug-likeness (QED) is 0.710. The third-order valence-corrected chi connectivity index (χ3v) is 5.08. The van der Waals surface area contributed by atoms with Gasteiger partial charge in [0.05, 0.1) is 12.0 Å². The minimum Gasteiger partial charge on any atom is -0.491 e. The van der Waals surface area contributed by atoms with Gasteiger partial charge in [-0.05, 0) is 49.9 Å². The minimum atomic E-state index is -0.164. The molecule has 2 fully saturated rings. The van der Waals surface area contributed by atoms with Crippen molar-refractivity contribution in [2.75, 3.05) is 39.4 Å². The molecule has 2 aliphatic rings. The average Bonchev–Trinajstić information content (AvgIpc) is 3.24. The highest BCUT2D eigenvalue weighted by molar-refractivity contribution is 5.94. The van der Waals surface area contributed by atoms with E-state index in [4.69, 9.17) is 15.2 Å². The first kappa shape index (κ1) is 22.5. The van der Waals surface area contributed by atoms with E-state index in [1.54, 1.807) is 17.0 Å². The Morgan fingerprint density at radius 3 is 2.68 bits per heavy atom. The van der Waals surface area contributed by atoms with Crippen molar-refractivity contribution in [2.45, 2.75) is 31.8 Å². The fraction of sp³-hybridized carbons (Fsp3) is 0.600. The van der Waals surface area contributed by atoms with Crippen LogP contribution in [0.1, 0.15) is 36.0 Å². The predicted octanol–water partition coefficient (Wildman–Crippen LogP) is 1.59. The number of likely N-dealkylation sites (tertiary alicyclic amines) is 1. The molecular weight excluding hydrogens is 382 g/mol. The van der Waals surface area contributed by atoms with Crippen molar-refractivity contribution in [3.8, 4) is 5.75 Å². The summed E-state index contributed by atoms with van der Waals surface area (Å²) in [6.45, 7) is 3.36. The molecule has 3 N–H and O–H groups in total. The Kier molecular flexibility index (Phi) is 9.02. The molecule has 8 heteroatoms. The van der Waals surface area contributed by atoms with E-state index in [0.717, 1.165) is 38.0 Å². The molecule has 0 radical (unpaired) electrons. The number of halogens is 1. The van der Waals surface area contributed by atoms with Gasteiger partial charge in [-0.1, -0.05) is 0 Å². The molecule has 2 saturated heterocycles. The van der Waals surface area contributed by atoms with Crippen LogP contribution in [0.5, 0.6) is 5.75 Å². The van der Waals surface area contributed by atoms with E-state index in [0.29, 0.717) is 38.3 Å². The van der Waals surface area contributed by atoms with Gasteiger partial charge in [0.25, 0.3) is 5.91 Å². The van der Waals surface area contributed by atoms with E-state index in [2.05, 4.69) is 5.32 Å². The van der Waals surface area contributed by atoms with Crippen molar-refractivity contribution in [1.82, 2.24) is 10.2 Å². The fourth-order valence-corrected chi connectivity index (χ4v) is 3.56. The Morgan fingerprint density at radius 2 is 2.00 bits per heavy atom. The molecule has 2 unspecified atom stereocenters. The first-order valence-electron chi connectivity index (χ1n) is 9.79. The second-order valence-corrected chi connectivity index (χ2v) is 7.14. The van der Waals surface area contributed by atoms with Crippen LogP contribution in [0.4, 0.5) is 0 Å². The van der Waals surface area contributed by atoms with Gasteiger partial charge in [0, 0.05) is 38.3 Å². The average molecular weight is 412 g/mol. The Hall–Kier alpha value is -1.83. The smallest absolute Gasteiger partial charge is 0.253 e. The molecule has 2 amide bonds. The lowest BCUT2D eigenvalue weighted by Crippen LogP contribution is -2.46. The van der Waals surface area contributed by atoms with Crippen molar-refractivity contribution in [3.63, 3.8) is 0 Å². The van der Waals surface area contributed by atoms with Crippen LogP contribution >= 0.6 is 12.4 Å². The zero-order valence-electron chi connectivity index (χ0n) is 16.1. The standard InChI is InChI=1S/C20H29N3O4.ClH/c21-9-10-22-19(24)16-3-1-11-23(13-16)20(25)15-5-7-17(8-6-15)27-14-18-4-2-12-26-18;/h5-8,16,18H,1-4,9-14,21H2,(H,22,24);1H. The maximum absolute atomic E-state index is 12.8. The summed E-state index contributed by atoms with van der Waals surface area (Å²) in [5, 5.41) is 2.82. The first-order chi connectivity index (χ1) is 13.2. The number of carbonyl (C=O) groups excluding carboxylic acids is 2. The van der Waals surface area contributed by atoms with Gasteiger partial charge >= 0.3 is 0 Å². The van der Waals surface area contributed by atoms with E-state index >= 15 is 0 Å². The Bertz CT molecular complexity index is 635. The zero-order valence-corrected chi connectivity index (χ0v) is 16.9. The molecule has 28 heavy (non-hydrogen) atoms. The molecule has 0 saturated carbocycles. The Labute approximate surface area is 172 Å². The van der Waals surface area contributed by atoms with E-state index in [1.165, 1.54) is 0 Å². The molecule has 3 rings (SSSR count). The molecule has 1 aromatic carbocycles. The number of rotatable bonds is 7. The summed E-state index contributed by atoms with van der Waals surface area (Å²) in [4.78, 5) is 26.7. The third-order valence-electron chi connectivity index (χ3n) is 5.08. The van der Waals surface area contributed by atoms with Crippen LogP contribution in [-0.2, 0) is 9.53 Å². The van der Waals surface area contributed by atoms with Crippen molar-refractivity contribution < 1.29 is 19.1 Å². The number of benzene rings is 1. The van der Waals surface area contributed by atoms with Gasteiger partial charge in [0.15, 0.2) is 0 Å². The second-order valence-electron chi connectivity index (χ2n) is 7.14. The van der Waals surface area contributed by atoms with Gasteiger partial charge in [-0.15, -0.1) is 12.4 Å². The number of nitrogens with one attached hydrogen (secondary N) is 1. The predicted molar refractivity (Wildman–Crippen MR) is 109 cm³/mol. The van der Waals surface area contributed by atoms with Crippen LogP contribution in [0.15, 0.2) is 24.3 Å². The van der Waals surface area contributed by atoms with Gasteiger partial charge in [0.1, 0.15) is 12.4 Å². The largest absolute Gasteiger partial charge is 0.491 e. The number of piperidine rings is 1. The summed E-state index contributed by atoms with van der Waals surface area (Å²) in [6.07, 6.45) is 3.92. The third kappa shape index (κ3) is 6.09. The molecule has 2 aliphatic heterocycles. The second kappa shape index (κ2) is 11.2. The lowest BCUT2D eigenvalue weighted by Gasteiger charge is -2.32. The van der Waals surface area contributed by atoms with Crippen molar-refractivity contribution >= 4 is 24.2 Å². The molecule has 2 atom stereocenters. The van der Waals surface area contributed by atoms with E-state index in [1.807, 2.05) is 12.1 Å². The maximum Gasteiger partial charge on any atom is 0.253 e. The van der Waals surface area contributed by atoms with Gasteiger partial charge in [-0.25, -0.2) is 0 Å². The number of carbonyl (C=O) groups is 2. The van der Waals surface area contributed by atoms with Crippen LogP contribution in [0.3, 0.4) is 0 Å². The van der Waals surface area contributed by atoms with Gasteiger partial charge in [0.2, 0.25) is 5.91 Å². The van der Waals surface area contributed by atoms with Crippen molar-refractivity contribution in [2.24, 2.45) is 11.7 Å². The van der Waals surface area contributed by atoms with E-state index in [9.17, 15) is 9.59 Å². The molecular formula is C20H30ClN3O4. The lowest BCUT2D eigenvalue weighted by molar-refractivity contribution is -0.126. The number of nitrogens with two attached hydrogens (primary N) is 1. The number of nitrogens with zero attached hydrogens (tertiary/aromatic N) is 1. The van der Waals surface area contributed by atoms with Crippen LogP contribution in [-0.4, -0.2) is 62.2 Å². The molecule has 1 aromatic rings. The van der Waals surface area contributed by atoms with Crippen LogP contribution in [0.25, 0.3) is 0 Å². The summed E-state index contributed by atoms with van der Waals surface area (Å²) in [7, 11) is 0. The van der Waals surface area contributed by atoms with Crippen LogP contribution < -0.4 is 15.8 Å². The van der Waals surface area contributed by atoms with E-state index < -0.39 is 0 Å². The summed E-state index contributed by atoms with van der Waals surface area (Å²) in [5.74, 6) is 0.510. The fourth-order valence-electron chi connectivity index (χ4n) is 3.56. The summed E-state index contributed by atoms with van der Waals surface area (Å²) < 4.78 is 11.3. The molecule has 0 spiro atoms. The van der Waals surface area contributed by atoms with E-state index in [-0.39, 0.29) is 36.2 Å². The SMILES string of the molecule is Cl.NCCNC(=O)C1CCCN(C(=O)c2ccc(OCC3CCCO3)cc2)C1. The first-order valence-corrected chi connectivity index (χ1v) is 9.79. The monoisotopic (exact) mass is 411 g/mol. The zero-order chi connectivity index (χ0) is 19.1. The Morgan fingerprint density at radius 1 is 1.21 bits per heavy atom. The Balaban J connectivity index is 0.00000280. The lowest BCUT2D eigenvalue weighted by atomic mass is 9.96. The molecule has 2 heterocycles. The summed E-state index contributed by atoms with van der Waals surface area (Å²) in [6, 6.07) is 7.20. The highest BCUT2D eigenvalue weighted by atomic mass is 35.5.